The van der Waals surface area contributed by atoms with Crippen LogP contribution in [0.1, 0.15) is 50.7 Å². The number of hydrogen-bond donors (Lipinski definition) is 2. The number of carbonyl (C=O) groups is 1. The van der Waals surface area contributed by atoms with Crippen LogP contribution in [0.2, 0.25) is 0 Å². The molecule has 2 aliphatic heterocycles. The maximum Gasteiger partial charge on any atom is 0.312 e. The number of esters is 1. The van der Waals surface area contributed by atoms with Crippen molar-refractivity contribution in [1.29, 1.82) is 0 Å². The van der Waals surface area contributed by atoms with E-state index in [1.807, 2.05) is 6.92 Å². The van der Waals surface area contributed by atoms with Gasteiger partial charge in [0.1, 0.15) is 12.2 Å². The monoisotopic (exact) mass is 362 g/mol. The molecule has 1 aromatic rings. The van der Waals surface area contributed by atoms with E-state index in [0.717, 1.165) is 19.3 Å². The molecular weight excluding hydrogens is 336 g/mol. The van der Waals surface area contributed by atoms with E-state index in [2.05, 4.69) is 0 Å². The fraction of sp³-hybridized carbons (Fsp3) is 0.750. The Morgan fingerprint density at radius 3 is 2.88 bits per heavy atom. The lowest BCUT2D eigenvalue weighted by Gasteiger charge is -2.65. The van der Waals surface area contributed by atoms with Crippen molar-refractivity contribution in [2.45, 2.75) is 56.8 Å². The first-order valence-corrected chi connectivity index (χ1v) is 9.66. The Morgan fingerprint density at radius 1 is 1.38 bits per heavy atom. The van der Waals surface area contributed by atoms with Crippen molar-refractivity contribution in [1.82, 2.24) is 0 Å². The minimum absolute atomic E-state index is 0.0344. The first-order chi connectivity index (χ1) is 12.5. The summed E-state index contributed by atoms with van der Waals surface area (Å²) in [6.07, 6.45) is 5.29. The number of epoxide rings is 1. The lowest BCUT2D eigenvalue weighted by molar-refractivity contribution is -0.263. The number of rotatable bonds is 3. The molecule has 0 aromatic carbocycles. The van der Waals surface area contributed by atoms with Crippen molar-refractivity contribution >= 4 is 5.97 Å². The minimum atomic E-state index is -0.798. The van der Waals surface area contributed by atoms with Crippen LogP contribution in [0.3, 0.4) is 0 Å². The van der Waals surface area contributed by atoms with Gasteiger partial charge in [0.2, 0.25) is 0 Å². The third-order valence-corrected chi connectivity index (χ3v) is 7.99. The van der Waals surface area contributed by atoms with Gasteiger partial charge in [-0.05, 0) is 43.6 Å². The van der Waals surface area contributed by atoms with Crippen LogP contribution >= 0.6 is 0 Å². The lowest BCUT2D eigenvalue weighted by atomic mass is 9.41. The molecule has 3 heterocycles. The first kappa shape index (κ1) is 16.8. The number of cyclic esters (lactones) is 1. The second-order valence-electron chi connectivity index (χ2n) is 8.81. The molecule has 7 atom stereocenters. The van der Waals surface area contributed by atoms with E-state index in [4.69, 9.17) is 13.9 Å². The minimum Gasteiger partial charge on any atom is -0.472 e. The van der Waals surface area contributed by atoms with Crippen molar-refractivity contribution in [2.75, 3.05) is 13.2 Å². The highest BCUT2D eigenvalue weighted by Crippen LogP contribution is 2.71. The van der Waals surface area contributed by atoms with Crippen LogP contribution in [0.25, 0.3) is 0 Å². The molecule has 4 fully saturated rings. The van der Waals surface area contributed by atoms with Gasteiger partial charge < -0.3 is 24.1 Å². The van der Waals surface area contributed by atoms with Gasteiger partial charge in [0.25, 0.3) is 0 Å². The summed E-state index contributed by atoms with van der Waals surface area (Å²) < 4.78 is 16.8. The molecule has 6 heteroatoms. The van der Waals surface area contributed by atoms with Crippen LogP contribution in [0.5, 0.6) is 0 Å². The SMILES string of the molecule is C[C@@H]1C[C@@H](O)[C@]23COC(=O)[C@@]1(C[C@H](O)c1ccoc1)[C@H]2CCC[C@]31CO1. The zero-order chi connectivity index (χ0) is 18.2. The van der Waals surface area contributed by atoms with Gasteiger partial charge in [-0.2, -0.15) is 0 Å². The summed E-state index contributed by atoms with van der Waals surface area (Å²) in [5.74, 6) is -0.329. The van der Waals surface area contributed by atoms with Crippen molar-refractivity contribution in [3.8, 4) is 0 Å². The van der Waals surface area contributed by atoms with E-state index < -0.39 is 23.0 Å². The second kappa shape index (κ2) is 5.33. The molecule has 0 unspecified atom stereocenters. The molecule has 4 aliphatic rings. The average molecular weight is 362 g/mol. The molecule has 26 heavy (non-hydrogen) atoms. The fourth-order valence-corrected chi connectivity index (χ4v) is 6.57. The second-order valence-corrected chi connectivity index (χ2v) is 8.81. The van der Waals surface area contributed by atoms with E-state index in [1.165, 1.54) is 12.5 Å². The number of furan rings is 1. The summed E-state index contributed by atoms with van der Waals surface area (Å²) in [6, 6.07) is 1.73. The highest BCUT2D eigenvalue weighted by atomic mass is 16.6. The Hall–Kier alpha value is -1.37. The quantitative estimate of drug-likeness (QED) is 0.633. The lowest BCUT2D eigenvalue weighted by Crippen LogP contribution is -2.72. The highest BCUT2D eigenvalue weighted by molar-refractivity contribution is 5.79. The standard InChI is InChI=1S/C20H26O6/c1-12-7-16(22)20-11-25-17(23)19(12,8-14(21)13-4-6-24-9-13)15(20)3-2-5-18(20)10-26-18/h4,6,9,12,14-16,21-22H,2-3,5,7-8,10-11H2,1H3/t12-,14+,15-,16-,18+,19-,20+/m1/s1. The van der Waals surface area contributed by atoms with Crippen molar-refractivity contribution < 1.29 is 28.9 Å². The Morgan fingerprint density at radius 2 is 2.19 bits per heavy atom. The van der Waals surface area contributed by atoms with Crippen LogP contribution in [0, 0.1) is 22.7 Å². The number of hydrogen-bond acceptors (Lipinski definition) is 6. The van der Waals surface area contributed by atoms with Crippen LogP contribution < -0.4 is 0 Å². The summed E-state index contributed by atoms with van der Waals surface area (Å²) in [5, 5.41) is 22.0. The van der Waals surface area contributed by atoms with E-state index in [-0.39, 0.29) is 30.0 Å². The fourth-order valence-electron chi connectivity index (χ4n) is 6.57. The number of carbonyl (C=O) groups excluding carboxylic acids is 1. The van der Waals surface area contributed by atoms with Gasteiger partial charge in [0.05, 0.1) is 42.2 Å². The van der Waals surface area contributed by atoms with Gasteiger partial charge in [-0.1, -0.05) is 13.3 Å². The van der Waals surface area contributed by atoms with E-state index in [9.17, 15) is 15.0 Å². The zero-order valence-corrected chi connectivity index (χ0v) is 15.0. The van der Waals surface area contributed by atoms with Gasteiger partial charge in [0, 0.05) is 5.56 Å². The van der Waals surface area contributed by atoms with Crippen LogP contribution in [-0.4, -0.2) is 41.1 Å². The summed E-state index contributed by atoms with van der Waals surface area (Å²) in [4.78, 5) is 13.2. The topological polar surface area (TPSA) is 92.4 Å². The van der Waals surface area contributed by atoms with Crippen molar-refractivity contribution in [3.63, 3.8) is 0 Å². The predicted molar refractivity (Wildman–Crippen MR) is 89.9 cm³/mol. The molecule has 1 spiro atoms. The van der Waals surface area contributed by atoms with Gasteiger partial charge >= 0.3 is 5.97 Å². The highest BCUT2D eigenvalue weighted by Gasteiger charge is 2.78. The van der Waals surface area contributed by atoms with Crippen molar-refractivity contribution in [2.24, 2.45) is 22.7 Å². The molecule has 1 aromatic heterocycles. The Balaban J connectivity index is 1.60. The Labute approximate surface area is 152 Å². The molecule has 0 amide bonds. The summed E-state index contributed by atoms with van der Waals surface area (Å²) in [6.45, 7) is 2.87. The Bertz CT molecular complexity index is 710. The van der Waals surface area contributed by atoms with Crippen LogP contribution in [-0.2, 0) is 14.3 Å². The molecule has 2 saturated heterocycles. The maximum atomic E-state index is 13.2. The summed E-state index contributed by atoms with van der Waals surface area (Å²) in [5.41, 5.74) is -1.02. The molecule has 142 valence electrons. The normalized spacial score (nSPS) is 48.0. The third kappa shape index (κ3) is 1.85. The van der Waals surface area contributed by atoms with Gasteiger partial charge in [-0.3, -0.25) is 4.79 Å². The predicted octanol–water partition coefficient (Wildman–Crippen LogP) is 2.20. The number of ether oxygens (including phenoxy) is 2. The smallest absolute Gasteiger partial charge is 0.312 e. The van der Waals surface area contributed by atoms with Crippen molar-refractivity contribution in [3.05, 3.63) is 24.2 Å². The largest absolute Gasteiger partial charge is 0.472 e. The first-order valence-electron chi connectivity index (χ1n) is 9.66. The Kier molecular flexibility index (Phi) is 3.44. The van der Waals surface area contributed by atoms with E-state index in [1.54, 1.807) is 6.07 Å². The number of aliphatic hydroxyl groups excluding tert-OH is 2. The third-order valence-electron chi connectivity index (χ3n) is 7.99. The maximum absolute atomic E-state index is 13.2. The molecule has 2 saturated carbocycles. The van der Waals surface area contributed by atoms with Gasteiger partial charge in [-0.25, -0.2) is 0 Å². The average Bonchev–Trinajstić information content (AvgIpc) is 3.18. The zero-order valence-electron chi connectivity index (χ0n) is 15.0. The molecule has 0 radical (unpaired) electrons. The van der Waals surface area contributed by atoms with Crippen LogP contribution in [0.4, 0.5) is 0 Å². The molecule has 2 N–H and O–H groups in total. The molecule has 5 rings (SSSR count). The van der Waals surface area contributed by atoms with Gasteiger partial charge in [0.15, 0.2) is 0 Å². The van der Waals surface area contributed by atoms with E-state index >= 15 is 0 Å². The molecule has 6 nitrogen and oxygen atoms in total. The van der Waals surface area contributed by atoms with Gasteiger partial charge in [-0.15, -0.1) is 0 Å². The summed E-state index contributed by atoms with van der Waals surface area (Å²) in [7, 11) is 0. The summed E-state index contributed by atoms with van der Waals surface area (Å²) >= 11 is 0. The van der Waals surface area contributed by atoms with E-state index in [0.29, 0.717) is 25.0 Å². The molecule has 2 bridgehead atoms. The van der Waals surface area contributed by atoms with Crippen LogP contribution in [0.15, 0.2) is 23.0 Å². The molecule has 2 aliphatic carbocycles. The number of aliphatic hydroxyl groups is 2. The molecular formula is C20H26O6.